The quantitative estimate of drug-likeness (QED) is 0.434. The highest BCUT2D eigenvalue weighted by molar-refractivity contribution is 6.07. The van der Waals surface area contributed by atoms with Crippen LogP contribution >= 0.6 is 0 Å². The van der Waals surface area contributed by atoms with E-state index in [2.05, 4.69) is 10.4 Å². The number of halogens is 3. The third-order valence-electron chi connectivity index (χ3n) is 3.20. The number of hydrogen-bond donors (Lipinski definition) is 3. The Morgan fingerprint density at radius 2 is 2.14 bits per heavy atom. The van der Waals surface area contributed by atoms with Crippen molar-refractivity contribution in [2.45, 2.75) is 25.2 Å². The number of nitrogens with one attached hydrogen (secondary N) is 2. The number of anilines is 1. The zero-order chi connectivity index (χ0) is 15.8. The van der Waals surface area contributed by atoms with Gasteiger partial charge in [-0.25, -0.2) is 15.6 Å². The molecule has 1 aliphatic rings. The van der Waals surface area contributed by atoms with Crippen LogP contribution in [0.4, 0.5) is 23.8 Å². The molecule has 0 saturated carbocycles. The monoisotopic (exact) mass is 303 g/mol. The summed E-state index contributed by atoms with van der Waals surface area (Å²) in [6.45, 7) is 0.252. The maximum atomic E-state index is 12.9. The molecule has 1 atom stereocenters. The number of pyridine rings is 1. The number of nitrogen functional groups attached to an aromatic ring is 1. The molecule has 1 unspecified atom stereocenters. The number of hydrazine groups is 1. The van der Waals surface area contributed by atoms with E-state index in [9.17, 15) is 22.8 Å². The molecule has 0 bridgehead atoms. The van der Waals surface area contributed by atoms with E-state index in [0.29, 0.717) is 17.4 Å². The Morgan fingerprint density at radius 3 is 2.67 bits per heavy atom. The molecule has 114 valence electrons. The number of aromatic nitrogens is 1. The van der Waals surface area contributed by atoms with Gasteiger partial charge in [0, 0.05) is 11.8 Å². The summed E-state index contributed by atoms with van der Waals surface area (Å²) in [5.74, 6) is 4.02. The third-order valence-corrected chi connectivity index (χ3v) is 3.20. The van der Waals surface area contributed by atoms with Crippen molar-refractivity contribution in [1.29, 1.82) is 0 Å². The third kappa shape index (κ3) is 2.37. The molecule has 1 fully saturated rings. The van der Waals surface area contributed by atoms with Gasteiger partial charge in [0.1, 0.15) is 5.82 Å². The van der Waals surface area contributed by atoms with Crippen molar-refractivity contribution >= 4 is 17.8 Å². The zero-order valence-corrected chi connectivity index (χ0v) is 10.9. The van der Waals surface area contributed by atoms with Crippen LogP contribution in [-0.2, 0) is 11.3 Å². The lowest BCUT2D eigenvalue weighted by Gasteiger charge is -2.24. The molecule has 1 saturated heterocycles. The number of rotatable bonds is 3. The molecule has 10 heteroatoms. The molecule has 1 aromatic rings. The average molecular weight is 303 g/mol. The zero-order valence-electron chi connectivity index (χ0n) is 10.9. The molecular formula is C11H12F3N5O2. The summed E-state index contributed by atoms with van der Waals surface area (Å²) >= 11 is 0. The van der Waals surface area contributed by atoms with Gasteiger partial charge in [-0.3, -0.25) is 9.69 Å². The molecule has 1 aromatic heterocycles. The Kier molecular flexibility index (Phi) is 3.49. The van der Waals surface area contributed by atoms with E-state index in [1.54, 1.807) is 5.32 Å². The Morgan fingerprint density at radius 1 is 1.48 bits per heavy atom. The fourth-order valence-corrected chi connectivity index (χ4v) is 1.90. The average Bonchev–Trinajstić information content (AvgIpc) is 2.63. The number of imide groups is 1. The number of nitrogens with zero attached hydrogens (tertiary/aromatic N) is 2. The van der Waals surface area contributed by atoms with Gasteiger partial charge in [0.2, 0.25) is 5.54 Å². The molecule has 2 heterocycles. The van der Waals surface area contributed by atoms with E-state index in [4.69, 9.17) is 5.84 Å². The van der Waals surface area contributed by atoms with Gasteiger partial charge in [0.25, 0.3) is 5.91 Å². The van der Waals surface area contributed by atoms with Crippen LogP contribution in [0.3, 0.4) is 0 Å². The van der Waals surface area contributed by atoms with Gasteiger partial charge in [-0.2, -0.15) is 13.2 Å². The first-order chi connectivity index (χ1) is 9.70. The molecular weight excluding hydrogens is 291 g/mol. The molecule has 0 radical (unpaired) electrons. The largest absolute Gasteiger partial charge is 0.420 e. The molecule has 0 spiro atoms. The van der Waals surface area contributed by atoms with Gasteiger partial charge in [0.15, 0.2) is 0 Å². The van der Waals surface area contributed by atoms with Crippen molar-refractivity contribution in [3.05, 3.63) is 23.9 Å². The maximum Gasteiger partial charge on any atom is 0.420 e. The van der Waals surface area contributed by atoms with Crippen LogP contribution in [0.5, 0.6) is 0 Å². The van der Waals surface area contributed by atoms with Crippen LogP contribution in [0, 0.1) is 0 Å². The Hall–Kier alpha value is -2.36. The molecule has 0 aromatic carbocycles. The number of carbonyl (C=O) groups excluding carboxylic acids is 2. The topological polar surface area (TPSA) is 100 Å². The second-order valence-electron chi connectivity index (χ2n) is 4.60. The fraction of sp³-hybridized carbons (Fsp3) is 0.364. The van der Waals surface area contributed by atoms with Gasteiger partial charge in [-0.15, -0.1) is 0 Å². The highest BCUT2D eigenvalue weighted by atomic mass is 19.4. The lowest BCUT2D eigenvalue weighted by Crippen LogP contribution is -2.56. The smallest absolute Gasteiger partial charge is 0.316 e. The van der Waals surface area contributed by atoms with Gasteiger partial charge < -0.3 is 10.7 Å². The molecule has 0 aliphatic carbocycles. The second-order valence-corrected chi connectivity index (χ2v) is 4.60. The van der Waals surface area contributed by atoms with E-state index < -0.39 is 23.7 Å². The number of alkyl halides is 3. The molecule has 1 aliphatic heterocycles. The summed E-state index contributed by atoms with van der Waals surface area (Å²) in [7, 11) is 0. The van der Waals surface area contributed by atoms with Crippen LogP contribution in [0.1, 0.15) is 12.5 Å². The van der Waals surface area contributed by atoms with Crippen LogP contribution in [0.25, 0.3) is 0 Å². The summed E-state index contributed by atoms with van der Waals surface area (Å²) in [6, 6.07) is 1.88. The first-order valence-corrected chi connectivity index (χ1v) is 5.82. The van der Waals surface area contributed by atoms with Gasteiger partial charge >= 0.3 is 12.2 Å². The first kappa shape index (κ1) is 15.0. The van der Waals surface area contributed by atoms with Crippen molar-refractivity contribution in [2.75, 3.05) is 5.43 Å². The molecule has 3 amide bonds. The van der Waals surface area contributed by atoms with E-state index in [-0.39, 0.29) is 12.4 Å². The molecule has 7 nitrogen and oxygen atoms in total. The predicted octanol–water partition coefficient (Wildman–Crippen LogP) is 0.740. The fourth-order valence-electron chi connectivity index (χ4n) is 1.90. The molecule has 4 N–H and O–H groups in total. The standard InChI is InChI=1S/C11H12F3N5O2/c1-10(11(12,13)14)8(20)19(9(21)17-10)5-6-3-2-4-16-7(6)18-15/h2-4H,5,15H2,1H3,(H,16,18)(H,17,21). The summed E-state index contributed by atoms with van der Waals surface area (Å²) in [6.07, 6.45) is -3.48. The number of carbonyl (C=O) groups is 2. The van der Waals surface area contributed by atoms with Gasteiger partial charge in [-0.1, -0.05) is 6.07 Å². The Labute approximate surface area is 117 Å². The summed E-state index contributed by atoms with van der Waals surface area (Å²) in [5.41, 5.74) is -0.366. The Bertz CT molecular complexity index is 591. The normalized spacial score (nSPS) is 22.4. The lowest BCUT2D eigenvalue weighted by molar-refractivity contribution is -0.191. The second kappa shape index (κ2) is 4.88. The minimum atomic E-state index is -4.89. The maximum absolute atomic E-state index is 12.9. The Balaban J connectivity index is 2.30. The lowest BCUT2D eigenvalue weighted by atomic mass is 10.0. The number of amides is 3. The van der Waals surface area contributed by atoms with Crippen molar-refractivity contribution < 1.29 is 22.8 Å². The minimum absolute atomic E-state index is 0.165. The van der Waals surface area contributed by atoms with E-state index in [1.165, 1.54) is 18.3 Å². The van der Waals surface area contributed by atoms with Crippen molar-refractivity contribution in [2.24, 2.45) is 5.84 Å². The number of hydrogen-bond acceptors (Lipinski definition) is 5. The summed E-state index contributed by atoms with van der Waals surface area (Å²) in [4.78, 5) is 27.9. The van der Waals surface area contributed by atoms with Crippen molar-refractivity contribution in [3.63, 3.8) is 0 Å². The first-order valence-electron chi connectivity index (χ1n) is 5.82. The van der Waals surface area contributed by atoms with Crippen molar-refractivity contribution in [3.8, 4) is 0 Å². The van der Waals surface area contributed by atoms with Crippen LogP contribution in [-0.4, -0.2) is 33.5 Å². The van der Waals surface area contributed by atoms with Crippen LogP contribution < -0.4 is 16.6 Å². The number of nitrogens with two attached hydrogens (primary N) is 1. The highest BCUT2D eigenvalue weighted by Gasteiger charge is 2.64. The summed E-state index contributed by atoms with van der Waals surface area (Å²) in [5, 5.41) is 1.67. The SMILES string of the molecule is CC1(C(F)(F)F)NC(=O)N(Cc2cccnc2NN)C1=O. The van der Waals surface area contributed by atoms with Gasteiger partial charge in [-0.05, 0) is 13.0 Å². The minimum Gasteiger partial charge on any atom is -0.316 e. The van der Waals surface area contributed by atoms with Crippen molar-refractivity contribution in [1.82, 2.24) is 15.2 Å². The van der Waals surface area contributed by atoms with E-state index in [0.717, 1.165) is 0 Å². The van der Waals surface area contributed by atoms with Gasteiger partial charge in [0.05, 0.1) is 6.54 Å². The van der Waals surface area contributed by atoms with E-state index in [1.807, 2.05) is 0 Å². The molecule has 2 rings (SSSR count). The number of urea groups is 1. The van der Waals surface area contributed by atoms with Crippen LogP contribution in [0.2, 0.25) is 0 Å². The molecule has 21 heavy (non-hydrogen) atoms. The summed E-state index contributed by atoms with van der Waals surface area (Å²) < 4.78 is 38.8. The highest BCUT2D eigenvalue weighted by Crippen LogP contribution is 2.35. The van der Waals surface area contributed by atoms with E-state index >= 15 is 0 Å². The van der Waals surface area contributed by atoms with Crippen LogP contribution in [0.15, 0.2) is 18.3 Å². The predicted molar refractivity (Wildman–Crippen MR) is 65.6 cm³/mol.